The summed E-state index contributed by atoms with van der Waals surface area (Å²) in [5, 5.41) is 0. The number of rotatable bonds is 5. The third-order valence-electron chi connectivity index (χ3n) is 3.41. The van der Waals surface area contributed by atoms with Gasteiger partial charge in [-0.3, -0.25) is 4.79 Å². The van der Waals surface area contributed by atoms with Gasteiger partial charge in [-0.25, -0.2) is 0 Å². The Morgan fingerprint density at radius 2 is 1.76 bits per heavy atom. The zero-order chi connectivity index (χ0) is 12.9. The number of carbonyl (C=O) groups excluding carboxylic acids is 1. The Morgan fingerprint density at radius 1 is 1.18 bits per heavy atom. The first-order chi connectivity index (χ1) is 8.16. The van der Waals surface area contributed by atoms with Crippen LogP contribution in [0, 0.1) is 0 Å². The van der Waals surface area contributed by atoms with Crippen molar-refractivity contribution in [1.29, 1.82) is 0 Å². The van der Waals surface area contributed by atoms with Gasteiger partial charge in [-0.05, 0) is 18.9 Å². The molecular weight excluding hydrogens is 216 g/mol. The fraction of sp³-hybridized carbons (Fsp3) is 0.500. The zero-order valence-corrected chi connectivity index (χ0v) is 10.9. The first kappa shape index (κ1) is 13.6. The summed E-state index contributed by atoms with van der Waals surface area (Å²) < 4.78 is 10.3. The van der Waals surface area contributed by atoms with E-state index in [1.807, 2.05) is 38.1 Å². The molecule has 0 spiro atoms. The van der Waals surface area contributed by atoms with Crippen molar-refractivity contribution in [3.63, 3.8) is 0 Å². The predicted octanol–water partition coefficient (Wildman–Crippen LogP) is 2.93. The molecule has 0 saturated carbocycles. The van der Waals surface area contributed by atoms with Crippen LogP contribution in [0.5, 0.6) is 5.75 Å². The molecule has 17 heavy (non-hydrogen) atoms. The molecule has 0 aliphatic carbocycles. The number of esters is 1. The van der Waals surface area contributed by atoms with Crippen LogP contribution in [0.25, 0.3) is 0 Å². The van der Waals surface area contributed by atoms with Gasteiger partial charge in [0.2, 0.25) is 0 Å². The van der Waals surface area contributed by atoms with E-state index in [9.17, 15) is 4.79 Å². The molecule has 0 N–H and O–H groups in total. The SMILES string of the molecule is CCC(CC)(C(=O)OC)c1ccccc1OC. The first-order valence-electron chi connectivity index (χ1n) is 5.88. The van der Waals surface area contributed by atoms with Gasteiger partial charge < -0.3 is 9.47 Å². The van der Waals surface area contributed by atoms with Gasteiger partial charge in [0.05, 0.1) is 19.6 Å². The third kappa shape index (κ3) is 2.28. The lowest BCUT2D eigenvalue weighted by molar-refractivity contribution is -0.148. The minimum Gasteiger partial charge on any atom is -0.496 e. The average molecular weight is 236 g/mol. The molecule has 0 atom stereocenters. The Balaban J connectivity index is 3.36. The summed E-state index contributed by atoms with van der Waals surface area (Å²) in [4.78, 5) is 12.1. The summed E-state index contributed by atoms with van der Waals surface area (Å²) in [5.41, 5.74) is 0.292. The highest BCUT2D eigenvalue weighted by Crippen LogP contribution is 2.38. The molecule has 0 bridgehead atoms. The van der Waals surface area contributed by atoms with Crippen molar-refractivity contribution in [3.8, 4) is 5.75 Å². The lowest BCUT2D eigenvalue weighted by atomic mass is 9.75. The van der Waals surface area contributed by atoms with Gasteiger partial charge in [0.15, 0.2) is 0 Å². The summed E-state index contributed by atoms with van der Waals surface area (Å²) in [6.45, 7) is 3.99. The maximum Gasteiger partial charge on any atom is 0.316 e. The van der Waals surface area contributed by atoms with Gasteiger partial charge in [-0.15, -0.1) is 0 Å². The van der Waals surface area contributed by atoms with Crippen LogP contribution >= 0.6 is 0 Å². The topological polar surface area (TPSA) is 35.5 Å². The highest BCUT2D eigenvalue weighted by Gasteiger charge is 2.40. The van der Waals surface area contributed by atoms with E-state index in [2.05, 4.69) is 0 Å². The number of methoxy groups -OCH3 is 2. The fourth-order valence-electron chi connectivity index (χ4n) is 2.26. The van der Waals surface area contributed by atoms with Crippen LogP contribution in [0.2, 0.25) is 0 Å². The quantitative estimate of drug-likeness (QED) is 0.737. The molecule has 0 unspecified atom stereocenters. The Bertz CT molecular complexity index is 381. The van der Waals surface area contributed by atoms with Crippen molar-refractivity contribution in [2.24, 2.45) is 0 Å². The molecule has 1 aromatic carbocycles. The van der Waals surface area contributed by atoms with E-state index < -0.39 is 5.41 Å². The second kappa shape index (κ2) is 5.71. The van der Waals surface area contributed by atoms with Crippen LogP contribution in [-0.2, 0) is 14.9 Å². The Labute approximate surface area is 103 Å². The van der Waals surface area contributed by atoms with Gasteiger partial charge in [0.1, 0.15) is 5.75 Å². The van der Waals surface area contributed by atoms with Crippen LogP contribution in [0.1, 0.15) is 32.3 Å². The standard InChI is InChI=1S/C14H20O3/c1-5-14(6-2,13(15)17-4)11-9-7-8-10-12(11)16-3/h7-10H,5-6H2,1-4H3. The monoisotopic (exact) mass is 236 g/mol. The molecule has 0 saturated heterocycles. The lowest BCUT2D eigenvalue weighted by Gasteiger charge is -2.30. The van der Waals surface area contributed by atoms with Crippen molar-refractivity contribution in [1.82, 2.24) is 0 Å². The molecule has 0 aliphatic heterocycles. The Kier molecular flexibility index (Phi) is 4.55. The van der Waals surface area contributed by atoms with Crippen LogP contribution < -0.4 is 4.74 Å². The molecule has 0 fully saturated rings. The lowest BCUT2D eigenvalue weighted by Crippen LogP contribution is -2.36. The van der Waals surface area contributed by atoms with E-state index in [0.717, 1.165) is 11.3 Å². The molecular formula is C14H20O3. The molecule has 1 aromatic rings. The Hall–Kier alpha value is -1.51. The summed E-state index contributed by atoms with van der Waals surface area (Å²) >= 11 is 0. The fourth-order valence-corrected chi connectivity index (χ4v) is 2.26. The van der Waals surface area contributed by atoms with Gasteiger partial charge in [-0.1, -0.05) is 32.0 Å². The van der Waals surface area contributed by atoms with Crippen molar-refractivity contribution in [2.45, 2.75) is 32.1 Å². The molecule has 94 valence electrons. The van der Waals surface area contributed by atoms with E-state index in [1.54, 1.807) is 7.11 Å². The normalized spacial score (nSPS) is 11.1. The molecule has 0 aliphatic rings. The maximum absolute atomic E-state index is 12.1. The van der Waals surface area contributed by atoms with Crippen LogP contribution in [0.3, 0.4) is 0 Å². The number of ether oxygens (including phenoxy) is 2. The van der Waals surface area contributed by atoms with Gasteiger partial charge in [0, 0.05) is 5.56 Å². The smallest absolute Gasteiger partial charge is 0.316 e. The minimum atomic E-state index is -0.610. The van der Waals surface area contributed by atoms with Gasteiger partial charge >= 0.3 is 5.97 Å². The molecule has 0 aromatic heterocycles. The Morgan fingerprint density at radius 3 is 2.24 bits per heavy atom. The second-order valence-electron chi connectivity index (χ2n) is 3.98. The zero-order valence-electron chi connectivity index (χ0n) is 10.9. The first-order valence-corrected chi connectivity index (χ1v) is 5.88. The van der Waals surface area contributed by atoms with E-state index in [4.69, 9.17) is 9.47 Å². The largest absolute Gasteiger partial charge is 0.496 e. The number of benzene rings is 1. The molecule has 0 radical (unpaired) electrons. The van der Waals surface area contributed by atoms with E-state index in [-0.39, 0.29) is 5.97 Å². The maximum atomic E-state index is 12.1. The summed E-state index contributed by atoms with van der Waals surface area (Å²) in [6.07, 6.45) is 1.38. The highest BCUT2D eigenvalue weighted by molar-refractivity contribution is 5.84. The third-order valence-corrected chi connectivity index (χ3v) is 3.41. The van der Waals surface area contributed by atoms with Gasteiger partial charge in [0.25, 0.3) is 0 Å². The highest BCUT2D eigenvalue weighted by atomic mass is 16.5. The summed E-state index contributed by atoms with van der Waals surface area (Å²) in [7, 11) is 3.05. The molecule has 0 heterocycles. The van der Waals surface area contributed by atoms with Crippen molar-refractivity contribution in [2.75, 3.05) is 14.2 Å². The number of hydrogen-bond donors (Lipinski definition) is 0. The van der Waals surface area contributed by atoms with Crippen molar-refractivity contribution in [3.05, 3.63) is 29.8 Å². The summed E-state index contributed by atoms with van der Waals surface area (Å²) in [6, 6.07) is 7.62. The van der Waals surface area contributed by atoms with Crippen LogP contribution in [-0.4, -0.2) is 20.2 Å². The van der Waals surface area contributed by atoms with Crippen LogP contribution in [0.15, 0.2) is 24.3 Å². The van der Waals surface area contributed by atoms with E-state index in [0.29, 0.717) is 12.8 Å². The van der Waals surface area contributed by atoms with E-state index in [1.165, 1.54) is 7.11 Å². The van der Waals surface area contributed by atoms with Crippen molar-refractivity contribution >= 4 is 5.97 Å². The molecule has 0 amide bonds. The predicted molar refractivity (Wildman–Crippen MR) is 67.3 cm³/mol. The molecule has 1 rings (SSSR count). The molecule has 3 heteroatoms. The summed E-state index contributed by atoms with van der Waals surface area (Å²) in [5.74, 6) is 0.536. The number of hydrogen-bond acceptors (Lipinski definition) is 3. The van der Waals surface area contributed by atoms with Gasteiger partial charge in [-0.2, -0.15) is 0 Å². The average Bonchev–Trinajstić information content (AvgIpc) is 2.41. The number of carbonyl (C=O) groups is 1. The molecule has 3 nitrogen and oxygen atoms in total. The van der Waals surface area contributed by atoms with Crippen LogP contribution in [0.4, 0.5) is 0 Å². The second-order valence-corrected chi connectivity index (χ2v) is 3.98. The van der Waals surface area contributed by atoms with Crippen molar-refractivity contribution < 1.29 is 14.3 Å². The van der Waals surface area contributed by atoms with E-state index >= 15 is 0 Å². The minimum absolute atomic E-state index is 0.202. The number of para-hydroxylation sites is 1.